The quantitative estimate of drug-likeness (QED) is 0.629. The molecular weight excluding hydrogens is 316 g/mol. The van der Waals surface area contributed by atoms with Crippen LogP contribution in [0, 0.1) is 17.0 Å². The maximum Gasteiger partial charge on any atom is 0.329 e. The maximum absolute atomic E-state index is 12.5. The maximum atomic E-state index is 12.5. The molecule has 130 valence electrons. The smallest absolute Gasteiger partial charge is 0.329 e. The number of carbonyl (C=O) groups excluding carboxylic acids is 1. The normalized spacial score (nSPS) is 16.2. The highest BCUT2D eigenvalue weighted by Crippen LogP contribution is 2.31. The molecule has 0 unspecified atom stereocenters. The van der Waals surface area contributed by atoms with E-state index in [1.54, 1.807) is 0 Å². The molecule has 0 heterocycles. The van der Waals surface area contributed by atoms with Gasteiger partial charge >= 0.3 is 5.97 Å². The van der Waals surface area contributed by atoms with Crippen LogP contribution in [0.5, 0.6) is 5.75 Å². The number of benzene rings is 1. The van der Waals surface area contributed by atoms with Crippen molar-refractivity contribution in [3.63, 3.8) is 0 Å². The number of hydrogen-bond acceptors (Lipinski definition) is 5. The number of ether oxygens (including phenoxy) is 1. The van der Waals surface area contributed by atoms with Gasteiger partial charge in [-0.2, -0.15) is 0 Å². The molecular formula is C16H20N2O6. The highest BCUT2D eigenvalue weighted by atomic mass is 16.6. The lowest BCUT2D eigenvalue weighted by Crippen LogP contribution is -2.55. The second-order valence-electron chi connectivity index (χ2n) is 5.98. The van der Waals surface area contributed by atoms with Crippen molar-refractivity contribution < 1.29 is 24.4 Å². The fraction of sp³-hybridized carbons (Fsp3) is 0.500. The fourth-order valence-corrected chi connectivity index (χ4v) is 3.04. The van der Waals surface area contributed by atoms with E-state index >= 15 is 0 Å². The number of hydrogen-bond donors (Lipinski definition) is 2. The Morgan fingerprint density at radius 1 is 1.29 bits per heavy atom. The van der Waals surface area contributed by atoms with E-state index in [4.69, 9.17) is 4.74 Å². The number of nitro groups is 1. The zero-order chi connectivity index (χ0) is 17.9. The minimum atomic E-state index is -1.32. The molecule has 0 spiro atoms. The zero-order valence-electron chi connectivity index (χ0n) is 13.6. The van der Waals surface area contributed by atoms with E-state index < -0.39 is 22.3 Å². The van der Waals surface area contributed by atoms with Crippen LogP contribution in [0.15, 0.2) is 12.1 Å². The predicted octanol–water partition coefficient (Wildman–Crippen LogP) is 2.43. The Kier molecular flexibility index (Phi) is 5.06. The Morgan fingerprint density at radius 2 is 1.92 bits per heavy atom. The average molecular weight is 336 g/mol. The number of nitrogens with zero attached hydrogens (tertiary/aromatic N) is 1. The van der Waals surface area contributed by atoms with Crippen LogP contribution < -0.4 is 10.1 Å². The fourth-order valence-electron chi connectivity index (χ4n) is 3.04. The summed E-state index contributed by atoms with van der Waals surface area (Å²) in [6.45, 7) is 1.53. The number of nitro benzene ring substituents is 1. The average Bonchev–Trinajstić information content (AvgIpc) is 2.55. The molecule has 1 aromatic rings. The first-order chi connectivity index (χ1) is 11.3. The summed E-state index contributed by atoms with van der Waals surface area (Å²) < 4.78 is 5.09. The highest BCUT2D eigenvalue weighted by Gasteiger charge is 2.41. The first-order valence-corrected chi connectivity index (χ1v) is 7.69. The number of carbonyl (C=O) groups is 2. The standard InChI is InChI=1S/C16H20N2O6/c1-10-12(18(22)23)8-11(9-13(10)24-2)14(19)17-16(15(20)21)6-4-3-5-7-16/h8-9H,3-7H2,1-2H3,(H,17,19)(H,20,21). The molecule has 24 heavy (non-hydrogen) atoms. The minimum Gasteiger partial charge on any atom is -0.496 e. The summed E-state index contributed by atoms with van der Waals surface area (Å²) in [5.74, 6) is -1.52. The zero-order valence-corrected chi connectivity index (χ0v) is 13.6. The topological polar surface area (TPSA) is 119 Å². The molecule has 8 heteroatoms. The van der Waals surface area contributed by atoms with E-state index in [0.29, 0.717) is 31.2 Å². The lowest BCUT2D eigenvalue weighted by atomic mass is 9.81. The van der Waals surface area contributed by atoms with Gasteiger partial charge in [0.25, 0.3) is 11.6 Å². The third kappa shape index (κ3) is 3.32. The second-order valence-corrected chi connectivity index (χ2v) is 5.98. The summed E-state index contributed by atoms with van der Waals surface area (Å²) >= 11 is 0. The third-order valence-corrected chi connectivity index (χ3v) is 4.48. The van der Waals surface area contributed by atoms with E-state index in [-0.39, 0.29) is 17.0 Å². The Morgan fingerprint density at radius 3 is 2.42 bits per heavy atom. The summed E-state index contributed by atoms with van der Waals surface area (Å²) in [4.78, 5) is 34.7. The van der Waals surface area contributed by atoms with Crippen molar-refractivity contribution >= 4 is 17.6 Å². The van der Waals surface area contributed by atoms with Gasteiger partial charge in [0.05, 0.1) is 17.6 Å². The second kappa shape index (κ2) is 6.86. The summed E-state index contributed by atoms with van der Waals surface area (Å²) in [5.41, 5.74) is -1.24. The molecule has 0 bridgehead atoms. The minimum absolute atomic E-state index is 0.00958. The number of methoxy groups -OCH3 is 1. The van der Waals surface area contributed by atoms with Crippen LogP contribution in [0.4, 0.5) is 5.69 Å². The lowest BCUT2D eigenvalue weighted by molar-refractivity contribution is -0.385. The van der Waals surface area contributed by atoms with Gasteiger partial charge in [0, 0.05) is 11.6 Å². The summed E-state index contributed by atoms with van der Waals surface area (Å²) in [6.07, 6.45) is 3.04. The molecule has 1 aromatic carbocycles. The van der Waals surface area contributed by atoms with Gasteiger partial charge in [-0.15, -0.1) is 0 Å². The molecule has 0 atom stereocenters. The molecule has 1 aliphatic rings. The summed E-state index contributed by atoms with van der Waals surface area (Å²) in [6, 6.07) is 2.53. The third-order valence-electron chi connectivity index (χ3n) is 4.48. The number of carboxylic acids is 1. The van der Waals surface area contributed by atoms with Crippen molar-refractivity contribution in [2.24, 2.45) is 0 Å². The molecule has 0 aliphatic heterocycles. The molecule has 1 saturated carbocycles. The first kappa shape index (κ1) is 17.7. The molecule has 8 nitrogen and oxygen atoms in total. The van der Waals surface area contributed by atoms with Crippen LogP contribution in [-0.2, 0) is 4.79 Å². The van der Waals surface area contributed by atoms with Crippen LogP contribution >= 0.6 is 0 Å². The number of rotatable bonds is 5. The van der Waals surface area contributed by atoms with Gasteiger partial charge in [0.2, 0.25) is 0 Å². The SMILES string of the molecule is COc1cc(C(=O)NC2(C(=O)O)CCCCC2)cc([N+](=O)[O-])c1C. The van der Waals surface area contributed by atoms with Crippen LogP contribution in [0.1, 0.15) is 48.0 Å². The van der Waals surface area contributed by atoms with Crippen molar-refractivity contribution in [3.8, 4) is 5.75 Å². The van der Waals surface area contributed by atoms with Gasteiger partial charge in [-0.25, -0.2) is 4.79 Å². The van der Waals surface area contributed by atoms with E-state index in [1.165, 1.54) is 20.1 Å². The van der Waals surface area contributed by atoms with Gasteiger partial charge in [-0.3, -0.25) is 14.9 Å². The van der Waals surface area contributed by atoms with Crippen molar-refractivity contribution in [3.05, 3.63) is 33.4 Å². The molecule has 0 radical (unpaired) electrons. The number of amides is 1. The summed E-state index contributed by atoms with van der Waals surface area (Å²) in [7, 11) is 1.35. The van der Waals surface area contributed by atoms with Gasteiger partial charge < -0.3 is 15.2 Å². The predicted molar refractivity (Wildman–Crippen MR) is 85.3 cm³/mol. The monoisotopic (exact) mass is 336 g/mol. The molecule has 2 rings (SSSR count). The lowest BCUT2D eigenvalue weighted by Gasteiger charge is -2.34. The Labute approximate surface area is 139 Å². The Hall–Kier alpha value is -2.64. The largest absolute Gasteiger partial charge is 0.496 e. The number of carboxylic acid groups (broad SMARTS) is 1. The number of nitrogens with one attached hydrogen (secondary N) is 1. The van der Waals surface area contributed by atoms with Gasteiger partial charge in [-0.05, 0) is 25.8 Å². The van der Waals surface area contributed by atoms with Crippen molar-refractivity contribution in [1.29, 1.82) is 0 Å². The van der Waals surface area contributed by atoms with Gasteiger partial charge in [0.15, 0.2) is 0 Å². The van der Waals surface area contributed by atoms with E-state index in [1.807, 2.05) is 0 Å². The van der Waals surface area contributed by atoms with Crippen LogP contribution in [0.25, 0.3) is 0 Å². The van der Waals surface area contributed by atoms with Crippen molar-refractivity contribution in [1.82, 2.24) is 5.32 Å². The van der Waals surface area contributed by atoms with Crippen LogP contribution in [-0.4, -0.2) is 34.6 Å². The number of aliphatic carboxylic acids is 1. The van der Waals surface area contributed by atoms with Crippen LogP contribution in [0.2, 0.25) is 0 Å². The van der Waals surface area contributed by atoms with E-state index in [0.717, 1.165) is 12.5 Å². The first-order valence-electron chi connectivity index (χ1n) is 7.69. The Bertz CT molecular complexity index is 679. The van der Waals surface area contributed by atoms with Crippen molar-refractivity contribution in [2.75, 3.05) is 7.11 Å². The van der Waals surface area contributed by atoms with Crippen molar-refractivity contribution in [2.45, 2.75) is 44.6 Å². The van der Waals surface area contributed by atoms with Gasteiger partial charge in [0.1, 0.15) is 11.3 Å². The van der Waals surface area contributed by atoms with Gasteiger partial charge in [-0.1, -0.05) is 19.3 Å². The van der Waals surface area contributed by atoms with E-state index in [9.17, 15) is 24.8 Å². The molecule has 1 aliphatic carbocycles. The van der Waals surface area contributed by atoms with Crippen LogP contribution in [0.3, 0.4) is 0 Å². The molecule has 1 fully saturated rings. The molecule has 0 saturated heterocycles. The summed E-state index contributed by atoms with van der Waals surface area (Å²) in [5, 5.41) is 23.2. The molecule has 2 N–H and O–H groups in total. The highest BCUT2D eigenvalue weighted by molar-refractivity contribution is 5.99. The van der Waals surface area contributed by atoms with E-state index in [2.05, 4.69) is 5.32 Å². The molecule has 0 aromatic heterocycles. The Balaban J connectivity index is 2.37. The molecule has 1 amide bonds.